The minimum atomic E-state index is -0.206. The fourth-order valence-corrected chi connectivity index (χ4v) is 1.12. The third-order valence-corrected chi connectivity index (χ3v) is 1.81. The number of halogens is 1. The fourth-order valence-electron chi connectivity index (χ4n) is 0.928. The van der Waals surface area contributed by atoms with Gasteiger partial charge >= 0.3 is 0 Å². The van der Waals surface area contributed by atoms with E-state index in [1.54, 1.807) is 0 Å². The monoisotopic (exact) mass is 198 g/mol. The molecule has 72 valence electrons. The van der Waals surface area contributed by atoms with Crippen LogP contribution in [0.25, 0.3) is 0 Å². The van der Waals surface area contributed by atoms with E-state index in [0.717, 1.165) is 17.3 Å². The Bertz CT molecular complexity index is 278. The normalized spacial score (nSPS) is 11.4. The summed E-state index contributed by atoms with van der Waals surface area (Å²) in [5, 5.41) is 3.95. The van der Waals surface area contributed by atoms with E-state index < -0.39 is 0 Å². The van der Waals surface area contributed by atoms with Crippen LogP contribution in [0.5, 0.6) is 0 Å². The molecule has 13 heavy (non-hydrogen) atoms. The van der Waals surface area contributed by atoms with Crippen molar-refractivity contribution in [3.8, 4) is 0 Å². The molecule has 0 atom stereocenters. The first-order chi connectivity index (χ1) is 5.97. The minimum Gasteiger partial charge on any atom is -0.383 e. The van der Waals surface area contributed by atoms with Crippen molar-refractivity contribution in [3.63, 3.8) is 0 Å². The molecule has 0 aromatic heterocycles. The smallest absolute Gasteiger partial charge is 0.0426 e. The van der Waals surface area contributed by atoms with Gasteiger partial charge in [-0.15, -0.1) is 0 Å². The van der Waals surface area contributed by atoms with Gasteiger partial charge in [0.25, 0.3) is 0 Å². The Morgan fingerprint density at radius 3 is 2.69 bits per heavy atom. The maximum atomic E-state index is 5.83. The van der Waals surface area contributed by atoms with Gasteiger partial charge in [0.05, 0.1) is 0 Å². The predicted molar refractivity (Wildman–Crippen MR) is 58.2 cm³/mol. The van der Waals surface area contributed by atoms with Gasteiger partial charge in [-0.2, -0.15) is 0 Å². The Morgan fingerprint density at radius 2 is 2.15 bits per heavy atom. The molecule has 1 aromatic rings. The zero-order chi connectivity index (χ0) is 9.90. The fraction of sp³-hybridized carbons (Fsp3) is 0.400. The maximum absolute atomic E-state index is 5.83. The van der Waals surface area contributed by atoms with Gasteiger partial charge in [0.2, 0.25) is 0 Å². The molecule has 0 heterocycles. The van der Waals surface area contributed by atoms with E-state index >= 15 is 0 Å². The van der Waals surface area contributed by atoms with Crippen molar-refractivity contribution in [3.05, 3.63) is 29.3 Å². The summed E-state index contributed by atoms with van der Waals surface area (Å²) in [6.45, 7) is 4.68. The molecule has 0 saturated carbocycles. The standard InChI is InChI=1S/C10H15ClN2/c1-10(2,12)7-13-9-5-3-4-8(11)6-9/h3-6,13H,7,12H2,1-2H3. The number of anilines is 1. The summed E-state index contributed by atoms with van der Waals surface area (Å²) in [6, 6.07) is 7.61. The number of hydrogen-bond donors (Lipinski definition) is 2. The van der Waals surface area contributed by atoms with Gasteiger partial charge in [-0.05, 0) is 32.0 Å². The first-order valence-electron chi connectivity index (χ1n) is 4.26. The van der Waals surface area contributed by atoms with Crippen molar-refractivity contribution in [2.45, 2.75) is 19.4 Å². The molecule has 2 nitrogen and oxygen atoms in total. The molecular weight excluding hydrogens is 184 g/mol. The van der Waals surface area contributed by atoms with Gasteiger partial charge in [-0.1, -0.05) is 17.7 Å². The van der Waals surface area contributed by atoms with Gasteiger partial charge in [-0.3, -0.25) is 0 Å². The van der Waals surface area contributed by atoms with Crippen LogP contribution in [0.4, 0.5) is 5.69 Å². The molecule has 1 aromatic carbocycles. The summed E-state index contributed by atoms with van der Waals surface area (Å²) in [5.41, 5.74) is 6.63. The second-order valence-electron chi connectivity index (χ2n) is 3.85. The molecule has 0 aliphatic rings. The summed E-state index contributed by atoms with van der Waals surface area (Å²) in [5.74, 6) is 0. The molecule has 3 N–H and O–H groups in total. The van der Waals surface area contributed by atoms with E-state index in [1.165, 1.54) is 0 Å². The Morgan fingerprint density at radius 1 is 1.46 bits per heavy atom. The van der Waals surface area contributed by atoms with E-state index in [1.807, 2.05) is 38.1 Å². The molecule has 0 unspecified atom stereocenters. The van der Waals surface area contributed by atoms with Crippen LogP contribution in [0.2, 0.25) is 5.02 Å². The van der Waals surface area contributed by atoms with Crippen LogP contribution in [0, 0.1) is 0 Å². The molecule has 0 spiro atoms. The predicted octanol–water partition coefficient (Wildman–Crippen LogP) is 2.49. The molecule has 0 bridgehead atoms. The molecule has 3 heteroatoms. The SMILES string of the molecule is CC(C)(N)CNc1cccc(Cl)c1. The zero-order valence-electron chi connectivity index (χ0n) is 7.97. The Labute approximate surface area is 84.1 Å². The van der Waals surface area contributed by atoms with Crippen molar-refractivity contribution in [2.24, 2.45) is 5.73 Å². The summed E-state index contributed by atoms with van der Waals surface area (Å²) < 4.78 is 0. The lowest BCUT2D eigenvalue weighted by atomic mass is 10.1. The third kappa shape index (κ3) is 4.15. The number of nitrogens with two attached hydrogens (primary N) is 1. The molecule has 0 saturated heterocycles. The Balaban J connectivity index is 2.55. The van der Waals surface area contributed by atoms with Crippen LogP contribution in [-0.2, 0) is 0 Å². The minimum absolute atomic E-state index is 0.206. The van der Waals surface area contributed by atoms with Gasteiger partial charge in [-0.25, -0.2) is 0 Å². The average molecular weight is 199 g/mol. The second-order valence-corrected chi connectivity index (χ2v) is 4.29. The van der Waals surface area contributed by atoms with E-state index in [-0.39, 0.29) is 5.54 Å². The van der Waals surface area contributed by atoms with Crippen molar-refractivity contribution >= 4 is 17.3 Å². The summed E-state index contributed by atoms with van der Waals surface area (Å²) in [6.07, 6.45) is 0. The quantitative estimate of drug-likeness (QED) is 0.783. The van der Waals surface area contributed by atoms with Crippen LogP contribution in [0.15, 0.2) is 24.3 Å². The lowest BCUT2D eigenvalue weighted by molar-refractivity contribution is 0.549. The lowest BCUT2D eigenvalue weighted by Crippen LogP contribution is -2.39. The van der Waals surface area contributed by atoms with Gasteiger partial charge in [0.15, 0.2) is 0 Å². The third-order valence-electron chi connectivity index (χ3n) is 1.57. The molecule has 0 aliphatic carbocycles. The number of rotatable bonds is 3. The molecule has 0 fully saturated rings. The van der Waals surface area contributed by atoms with Crippen LogP contribution < -0.4 is 11.1 Å². The Hall–Kier alpha value is -0.730. The highest BCUT2D eigenvalue weighted by molar-refractivity contribution is 6.30. The van der Waals surface area contributed by atoms with Crippen molar-refractivity contribution in [2.75, 3.05) is 11.9 Å². The molecule has 0 aliphatic heterocycles. The highest BCUT2D eigenvalue weighted by Gasteiger charge is 2.09. The summed E-state index contributed by atoms with van der Waals surface area (Å²) in [4.78, 5) is 0. The van der Waals surface area contributed by atoms with E-state index in [2.05, 4.69) is 5.32 Å². The van der Waals surface area contributed by atoms with Gasteiger partial charge < -0.3 is 11.1 Å². The van der Waals surface area contributed by atoms with Crippen molar-refractivity contribution in [1.82, 2.24) is 0 Å². The molecule has 0 radical (unpaired) electrons. The van der Waals surface area contributed by atoms with E-state index in [4.69, 9.17) is 17.3 Å². The number of nitrogens with one attached hydrogen (secondary N) is 1. The molecule has 1 rings (SSSR count). The first-order valence-corrected chi connectivity index (χ1v) is 4.63. The van der Waals surface area contributed by atoms with Crippen LogP contribution in [0.3, 0.4) is 0 Å². The Kier molecular flexibility index (Phi) is 3.17. The zero-order valence-corrected chi connectivity index (χ0v) is 8.73. The van der Waals surface area contributed by atoms with Crippen molar-refractivity contribution < 1.29 is 0 Å². The van der Waals surface area contributed by atoms with E-state index in [9.17, 15) is 0 Å². The highest BCUT2D eigenvalue weighted by Crippen LogP contribution is 2.15. The molecule has 0 amide bonds. The lowest BCUT2D eigenvalue weighted by Gasteiger charge is -2.19. The first kappa shape index (κ1) is 10.4. The highest BCUT2D eigenvalue weighted by atomic mass is 35.5. The average Bonchev–Trinajstić information content (AvgIpc) is 2.00. The van der Waals surface area contributed by atoms with Crippen molar-refractivity contribution in [1.29, 1.82) is 0 Å². The van der Waals surface area contributed by atoms with E-state index in [0.29, 0.717) is 0 Å². The number of benzene rings is 1. The molecular formula is C10H15ClN2. The topological polar surface area (TPSA) is 38.0 Å². The van der Waals surface area contributed by atoms with Crippen LogP contribution >= 0.6 is 11.6 Å². The largest absolute Gasteiger partial charge is 0.383 e. The van der Waals surface area contributed by atoms with Crippen LogP contribution in [0.1, 0.15) is 13.8 Å². The van der Waals surface area contributed by atoms with Gasteiger partial charge in [0, 0.05) is 22.8 Å². The summed E-state index contributed by atoms with van der Waals surface area (Å²) in [7, 11) is 0. The van der Waals surface area contributed by atoms with Gasteiger partial charge in [0.1, 0.15) is 0 Å². The second kappa shape index (κ2) is 3.99. The number of hydrogen-bond acceptors (Lipinski definition) is 2. The maximum Gasteiger partial charge on any atom is 0.0426 e. The summed E-state index contributed by atoms with van der Waals surface area (Å²) >= 11 is 5.82. The van der Waals surface area contributed by atoms with Crippen LogP contribution in [-0.4, -0.2) is 12.1 Å².